The second kappa shape index (κ2) is 7.03. The van der Waals surface area contributed by atoms with Crippen molar-refractivity contribution < 1.29 is 0 Å². The Labute approximate surface area is 170 Å². The minimum absolute atomic E-state index is 0.385. The van der Waals surface area contributed by atoms with Gasteiger partial charge in [-0.3, -0.25) is 0 Å². The number of para-hydroxylation sites is 1. The van der Waals surface area contributed by atoms with Crippen molar-refractivity contribution in [2.75, 3.05) is 29.4 Å². The van der Waals surface area contributed by atoms with E-state index in [0.29, 0.717) is 6.04 Å². The standard InChI is InChI=1S/C23H26N6/c1-4-21-25-26-22-19-10-5-6-11-20(19)24-23(29(21)22)27-12-13-28(17(3)15-27)18-9-7-8-16(2)14-18/h5-11,14,17H,4,12-13,15H2,1-3H3. The zero-order valence-corrected chi connectivity index (χ0v) is 17.2. The second-order valence-electron chi connectivity index (χ2n) is 7.89. The van der Waals surface area contributed by atoms with E-state index in [2.05, 4.69) is 81.6 Å². The predicted molar refractivity (Wildman–Crippen MR) is 118 cm³/mol. The first-order chi connectivity index (χ1) is 14.2. The number of fused-ring (bicyclic) bond motifs is 3. The molecule has 2 aromatic heterocycles. The van der Waals surface area contributed by atoms with Gasteiger partial charge < -0.3 is 9.80 Å². The lowest BCUT2D eigenvalue weighted by molar-refractivity contribution is 0.541. The first-order valence-corrected chi connectivity index (χ1v) is 10.4. The maximum absolute atomic E-state index is 5.04. The van der Waals surface area contributed by atoms with Gasteiger partial charge in [-0.05, 0) is 43.7 Å². The summed E-state index contributed by atoms with van der Waals surface area (Å²) >= 11 is 0. The number of nitrogens with zero attached hydrogens (tertiary/aromatic N) is 6. The molecule has 4 aromatic rings. The van der Waals surface area contributed by atoms with E-state index in [4.69, 9.17) is 4.98 Å². The molecule has 1 atom stereocenters. The lowest BCUT2D eigenvalue weighted by atomic mass is 10.1. The Hall–Kier alpha value is -3.15. The number of piperazine rings is 1. The van der Waals surface area contributed by atoms with Crippen molar-refractivity contribution in [1.82, 2.24) is 19.6 Å². The van der Waals surface area contributed by atoms with Crippen LogP contribution in [-0.4, -0.2) is 45.3 Å². The molecule has 1 aliphatic heterocycles. The molecule has 1 fully saturated rings. The van der Waals surface area contributed by atoms with Gasteiger partial charge in [-0.25, -0.2) is 9.38 Å². The molecule has 1 unspecified atom stereocenters. The van der Waals surface area contributed by atoms with E-state index in [0.717, 1.165) is 54.4 Å². The van der Waals surface area contributed by atoms with Crippen LogP contribution in [0.4, 0.5) is 11.6 Å². The Balaban J connectivity index is 1.55. The molecule has 0 N–H and O–H groups in total. The number of hydrogen-bond donors (Lipinski definition) is 0. The molecule has 1 saturated heterocycles. The van der Waals surface area contributed by atoms with Crippen LogP contribution in [0, 0.1) is 6.92 Å². The largest absolute Gasteiger partial charge is 0.365 e. The van der Waals surface area contributed by atoms with Crippen molar-refractivity contribution in [3.8, 4) is 0 Å². The maximum atomic E-state index is 5.04. The highest BCUT2D eigenvalue weighted by Gasteiger charge is 2.27. The Bertz CT molecular complexity index is 1180. The first-order valence-electron chi connectivity index (χ1n) is 10.4. The summed E-state index contributed by atoms with van der Waals surface area (Å²) in [5.74, 6) is 1.92. The van der Waals surface area contributed by atoms with Crippen LogP contribution >= 0.6 is 0 Å². The highest BCUT2D eigenvalue weighted by atomic mass is 15.4. The van der Waals surface area contributed by atoms with Crippen LogP contribution in [0.25, 0.3) is 16.6 Å². The average molecular weight is 387 g/mol. The van der Waals surface area contributed by atoms with Gasteiger partial charge in [0.05, 0.1) is 5.52 Å². The number of aryl methyl sites for hydroxylation is 2. The fourth-order valence-electron chi connectivity index (χ4n) is 4.39. The van der Waals surface area contributed by atoms with Crippen LogP contribution in [-0.2, 0) is 6.42 Å². The summed E-state index contributed by atoms with van der Waals surface area (Å²) in [6.07, 6.45) is 0.826. The lowest BCUT2D eigenvalue weighted by Gasteiger charge is -2.42. The minimum atomic E-state index is 0.385. The van der Waals surface area contributed by atoms with Crippen molar-refractivity contribution in [3.63, 3.8) is 0 Å². The average Bonchev–Trinajstić information content (AvgIpc) is 3.17. The number of benzene rings is 2. The van der Waals surface area contributed by atoms with Crippen LogP contribution < -0.4 is 9.80 Å². The van der Waals surface area contributed by atoms with Crippen molar-refractivity contribution in [2.24, 2.45) is 0 Å². The summed E-state index contributed by atoms with van der Waals surface area (Å²) in [6.45, 7) is 9.35. The molecule has 0 bridgehead atoms. The molecule has 148 valence electrons. The van der Waals surface area contributed by atoms with Crippen LogP contribution in [0.15, 0.2) is 48.5 Å². The van der Waals surface area contributed by atoms with Crippen LogP contribution in [0.3, 0.4) is 0 Å². The third-order valence-corrected chi connectivity index (χ3v) is 5.86. The molecule has 29 heavy (non-hydrogen) atoms. The van der Waals surface area contributed by atoms with Crippen molar-refractivity contribution in [3.05, 3.63) is 59.9 Å². The maximum Gasteiger partial charge on any atom is 0.213 e. The Kier molecular flexibility index (Phi) is 4.34. The highest BCUT2D eigenvalue weighted by Crippen LogP contribution is 2.28. The van der Waals surface area contributed by atoms with Gasteiger partial charge in [-0.2, -0.15) is 0 Å². The summed E-state index contributed by atoms with van der Waals surface area (Å²) < 4.78 is 2.15. The molecule has 6 nitrogen and oxygen atoms in total. The fraction of sp³-hybridized carbons (Fsp3) is 0.348. The molecule has 5 rings (SSSR count). The van der Waals surface area contributed by atoms with E-state index in [1.165, 1.54) is 11.3 Å². The quantitative estimate of drug-likeness (QED) is 0.535. The smallest absolute Gasteiger partial charge is 0.213 e. The molecule has 0 saturated carbocycles. The van der Waals surface area contributed by atoms with E-state index in [9.17, 15) is 0 Å². The molecule has 3 heterocycles. The number of aromatic nitrogens is 4. The van der Waals surface area contributed by atoms with Gasteiger partial charge in [0, 0.05) is 43.2 Å². The lowest BCUT2D eigenvalue weighted by Crippen LogP contribution is -2.53. The molecule has 2 aromatic carbocycles. The van der Waals surface area contributed by atoms with E-state index in [1.807, 2.05) is 12.1 Å². The molecule has 6 heteroatoms. The fourth-order valence-corrected chi connectivity index (χ4v) is 4.39. The molecule has 1 aliphatic rings. The zero-order chi connectivity index (χ0) is 20.0. The molecule has 0 spiro atoms. The van der Waals surface area contributed by atoms with Crippen LogP contribution in [0.5, 0.6) is 0 Å². The first kappa shape index (κ1) is 17.9. The molecule has 0 aliphatic carbocycles. The summed E-state index contributed by atoms with van der Waals surface area (Å²) in [6, 6.07) is 17.4. The summed E-state index contributed by atoms with van der Waals surface area (Å²) in [5, 5.41) is 10.00. The Morgan fingerprint density at radius 3 is 2.69 bits per heavy atom. The highest BCUT2D eigenvalue weighted by molar-refractivity contribution is 5.92. The normalized spacial score (nSPS) is 17.4. The van der Waals surface area contributed by atoms with Crippen molar-refractivity contribution >= 4 is 28.2 Å². The van der Waals surface area contributed by atoms with Crippen LogP contribution in [0.1, 0.15) is 25.2 Å². The van der Waals surface area contributed by atoms with E-state index < -0.39 is 0 Å². The van der Waals surface area contributed by atoms with Gasteiger partial charge in [0.1, 0.15) is 5.82 Å². The van der Waals surface area contributed by atoms with E-state index in [1.54, 1.807) is 0 Å². The molecule has 0 radical (unpaired) electrons. The number of hydrogen-bond acceptors (Lipinski definition) is 5. The molecule has 0 amide bonds. The predicted octanol–water partition coefficient (Wildman–Crippen LogP) is 3.86. The van der Waals surface area contributed by atoms with Gasteiger partial charge in [-0.1, -0.05) is 31.2 Å². The van der Waals surface area contributed by atoms with Gasteiger partial charge in [0.15, 0.2) is 5.65 Å². The topological polar surface area (TPSA) is 49.6 Å². The Morgan fingerprint density at radius 1 is 1.03 bits per heavy atom. The van der Waals surface area contributed by atoms with Gasteiger partial charge in [0.25, 0.3) is 0 Å². The van der Waals surface area contributed by atoms with Gasteiger partial charge in [-0.15, -0.1) is 10.2 Å². The number of anilines is 2. The van der Waals surface area contributed by atoms with E-state index >= 15 is 0 Å². The zero-order valence-electron chi connectivity index (χ0n) is 17.2. The minimum Gasteiger partial charge on any atom is -0.365 e. The van der Waals surface area contributed by atoms with Gasteiger partial charge in [0.2, 0.25) is 5.95 Å². The van der Waals surface area contributed by atoms with Crippen LogP contribution in [0.2, 0.25) is 0 Å². The van der Waals surface area contributed by atoms with Crippen molar-refractivity contribution in [1.29, 1.82) is 0 Å². The Morgan fingerprint density at radius 2 is 1.90 bits per heavy atom. The SMILES string of the molecule is CCc1nnc2c3ccccc3nc(N3CCN(c4cccc(C)c4)C(C)C3)n12. The number of rotatable bonds is 3. The second-order valence-corrected chi connectivity index (χ2v) is 7.89. The van der Waals surface area contributed by atoms with Gasteiger partial charge >= 0.3 is 0 Å². The van der Waals surface area contributed by atoms with E-state index in [-0.39, 0.29) is 0 Å². The summed E-state index contributed by atoms with van der Waals surface area (Å²) in [7, 11) is 0. The third kappa shape index (κ3) is 2.99. The van der Waals surface area contributed by atoms with Crippen molar-refractivity contribution in [2.45, 2.75) is 33.2 Å². The molecular formula is C23H26N6. The molecular weight excluding hydrogens is 360 g/mol. The summed E-state index contributed by atoms with van der Waals surface area (Å²) in [5.41, 5.74) is 4.47. The monoisotopic (exact) mass is 386 g/mol. The summed E-state index contributed by atoms with van der Waals surface area (Å²) in [4.78, 5) is 9.93. The third-order valence-electron chi connectivity index (χ3n) is 5.86.